The van der Waals surface area contributed by atoms with E-state index in [0.29, 0.717) is 11.3 Å². The molecule has 1 atom stereocenters. The molecule has 3 heteroatoms. The van der Waals surface area contributed by atoms with Crippen LogP contribution in [0.1, 0.15) is 50.8 Å². The van der Waals surface area contributed by atoms with Gasteiger partial charge < -0.3 is 10.2 Å². The van der Waals surface area contributed by atoms with E-state index >= 15 is 0 Å². The molecule has 0 aliphatic rings. The summed E-state index contributed by atoms with van der Waals surface area (Å²) in [6.07, 6.45) is 5.63. The number of benzene rings is 1. The molecule has 2 N–H and O–H groups in total. The first-order valence-corrected chi connectivity index (χ1v) is 6.66. The molecule has 0 bridgehead atoms. The van der Waals surface area contributed by atoms with E-state index < -0.39 is 0 Å². The van der Waals surface area contributed by atoms with Crippen LogP contribution >= 0.6 is 0 Å². The van der Waals surface area contributed by atoms with Gasteiger partial charge in [0.05, 0.1) is 6.04 Å². The Morgan fingerprint density at radius 1 is 1.28 bits per heavy atom. The van der Waals surface area contributed by atoms with Crippen molar-refractivity contribution in [3.8, 4) is 0 Å². The maximum Gasteiger partial charge on any atom is 0.169 e. The molecular formula is C15H20FNO. The summed E-state index contributed by atoms with van der Waals surface area (Å²) < 4.78 is 19.0. The topological polar surface area (TPSA) is 39.2 Å². The number of unbranched alkanes of at least 4 members (excludes halogenated alkanes) is 3. The third-order valence-corrected chi connectivity index (χ3v) is 3.25. The van der Waals surface area contributed by atoms with Gasteiger partial charge in [0.2, 0.25) is 0 Å². The smallest absolute Gasteiger partial charge is 0.169 e. The van der Waals surface area contributed by atoms with Gasteiger partial charge in [-0.05, 0) is 18.6 Å². The number of hydrogen-bond acceptors (Lipinski definition) is 2. The molecule has 0 saturated carbocycles. The zero-order chi connectivity index (χ0) is 13.0. The van der Waals surface area contributed by atoms with Crippen molar-refractivity contribution in [3.63, 3.8) is 0 Å². The molecule has 0 amide bonds. The summed E-state index contributed by atoms with van der Waals surface area (Å²) in [5.74, 6) is 0.364. The second-order valence-electron chi connectivity index (χ2n) is 4.76. The third-order valence-electron chi connectivity index (χ3n) is 3.25. The monoisotopic (exact) mass is 249 g/mol. The maximum absolute atomic E-state index is 13.5. The fraction of sp³-hybridized carbons (Fsp3) is 0.467. The van der Waals surface area contributed by atoms with Gasteiger partial charge in [-0.2, -0.15) is 0 Å². The van der Waals surface area contributed by atoms with E-state index in [4.69, 9.17) is 10.2 Å². The largest absolute Gasteiger partial charge is 0.456 e. The zero-order valence-electron chi connectivity index (χ0n) is 10.8. The Labute approximate surface area is 107 Å². The SMILES string of the molecule is CCCCCCC(N)c1cc2cccc(F)c2o1. The molecular weight excluding hydrogens is 229 g/mol. The fourth-order valence-corrected chi connectivity index (χ4v) is 2.16. The average molecular weight is 249 g/mol. The molecule has 18 heavy (non-hydrogen) atoms. The molecule has 0 aliphatic carbocycles. The molecule has 1 heterocycles. The molecule has 0 aliphatic heterocycles. The highest BCUT2D eigenvalue weighted by Crippen LogP contribution is 2.27. The first-order chi connectivity index (χ1) is 8.72. The van der Waals surface area contributed by atoms with E-state index in [1.54, 1.807) is 6.07 Å². The number of rotatable bonds is 6. The fourth-order valence-electron chi connectivity index (χ4n) is 2.16. The lowest BCUT2D eigenvalue weighted by Gasteiger charge is -2.07. The highest BCUT2D eigenvalue weighted by Gasteiger charge is 2.13. The van der Waals surface area contributed by atoms with Gasteiger partial charge in [-0.15, -0.1) is 0 Å². The van der Waals surface area contributed by atoms with Crippen molar-refractivity contribution in [3.05, 3.63) is 35.8 Å². The number of furan rings is 1. The van der Waals surface area contributed by atoms with Gasteiger partial charge in [-0.25, -0.2) is 4.39 Å². The summed E-state index contributed by atoms with van der Waals surface area (Å²) in [7, 11) is 0. The van der Waals surface area contributed by atoms with Gasteiger partial charge in [0.1, 0.15) is 5.76 Å². The molecule has 98 valence electrons. The number of nitrogens with two attached hydrogens (primary N) is 1. The predicted molar refractivity (Wildman–Crippen MR) is 71.9 cm³/mol. The van der Waals surface area contributed by atoms with Crippen LogP contribution in [0.15, 0.2) is 28.7 Å². The first kappa shape index (κ1) is 13.1. The van der Waals surface area contributed by atoms with Gasteiger partial charge in [-0.1, -0.05) is 44.7 Å². The van der Waals surface area contributed by atoms with Crippen LogP contribution in [0.5, 0.6) is 0 Å². The average Bonchev–Trinajstić information content (AvgIpc) is 2.80. The van der Waals surface area contributed by atoms with Gasteiger partial charge >= 0.3 is 0 Å². The van der Waals surface area contributed by atoms with Crippen molar-refractivity contribution >= 4 is 11.0 Å². The van der Waals surface area contributed by atoms with Crippen LogP contribution in [0.4, 0.5) is 4.39 Å². The molecule has 0 saturated heterocycles. The summed E-state index contributed by atoms with van der Waals surface area (Å²) in [5.41, 5.74) is 6.39. The first-order valence-electron chi connectivity index (χ1n) is 6.66. The van der Waals surface area contributed by atoms with E-state index in [2.05, 4.69) is 6.92 Å². The van der Waals surface area contributed by atoms with Crippen molar-refractivity contribution in [2.45, 2.75) is 45.1 Å². The van der Waals surface area contributed by atoms with Crippen molar-refractivity contribution in [2.24, 2.45) is 5.73 Å². The molecule has 0 spiro atoms. The van der Waals surface area contributed by atoms with Gasteiger partial charge in [-0.3, -0.25) is 0 Å². The van der Waals surface area contributed by atoms with Crippen molar-refractivity contribution in [1.82, 2.24) is 0 Å². The van der Waals surface area contributed by atoms with Crippen LogP contribution in [-0.4, -0.2) is 0 Å². The summed E-state index contributed by atoms with van der Waals surface area (Å²) in [5, 5.41) is 0.786. The van der Waals surface area contributed by atoms with Crippen LogP contribution in [0.25, 0.3) is 11.0 Å². The lowest BCUT2D eigenvalue weighted by molar-refractivity contribution is 0.452. The number of para-hydroxylation sites is 1. The zero-order valence-corrected chi connectivity index (χ0v) is 10.8. The minimum atomic E-state index is -0.322. The minimum absolute atomic E-state index is 0.131. The number of halogens is 1. The lowest BCUT2D eigenvalue weighted by atomic mass is 10.1. The molecule has 1 aromatic heterocycles. The molecule has 1 aromatic carbocycles. The Morgan fingerprint density at radius 3 is 2.83 bits per heavy atom. The minimum Gasteiger partial charge on any atom is -0.456 e. The van der Waals surface area contributed by atoms with Gasteiger partial charge in [0.25, 0.3) is 0 Å². The molecule has 2 rings (SSSR count). The quantitative estimate of drug-likeness (QED) is 0.763. The van der Waals surface area contributed by atoms with E-state index in [1.165, 1.54) is 25.3 Å². The molecule has 0 radical (unpaired) electrons. The van der Waals surface area contributed by atoms with Crippen LogP contribution in [0.3, 0.4) is 0 Å². The summed E-state index contributed by atoms with van der Waals surface area (Å²) in [4.78, 5) is 0. The van der Waals surface area contributed by atoms with E-state index in [0.717, 1.165) is 18.2 Å². The standard InChI is InChI=1S/C15H20FNO/c1-2-3-4-5-9-13(17)14-10-11-7-6-8-12(16)15(11)18-14/h6-8,10,13H,2-5,9,17H2,1H3. The van der Waals surface area contributed by atoms with Crippen molar-refractivity contribution in [1.29, 1.82) is 0 Å². The van der Waals surface area contributed by atoms with Crippen molar-refractivity contribution < 1.29 is 8.81 Å². The number of fused-ring (bicyclic) bond motifs is 1. The maximum atomic E-state index is 13.5. The Bertz CT molecular complexity index is 506. The van der Waals surface area contributed by atoms with Crippen molar-refractivity contribution in [2.75, 3.05) is 0 Å². The van der Waals surface area contributed by atoms with E-state index in [-0.39, 0.29) is 11.9 Å². The van der Waals surface area contributed by atoms with Gasteiger partial charge in [0, 0.05) is 5.39 Å². The Kier molecular flexibility index (Phi) is 4.37. The van der Waals surface area contributed by atoms with Gasteiger partial charge in [0.15, 0.2) is 11.4 Å². The molecule has 2 aromatic rings. The summed E-state index contributed by atoms with van der Waals surface area (Å²) >= 11 is 0. The lowest BCUT2D eigenvalue weighted by Crippen LogP contribution is -2.08. The highest BCUT2D eigenvalue weighted by atomic mass is 19.1. The normalized spacial score (nSPS) is 13.1. The van der Waals surface area contributed by atoms with Crippen LogP contribution in [0, 0.1) is 5.82 Å². The number of hydrogen-bond donors (Lipinski definition) is 1. The Morgan fingerprint density at radius 2 is 2.11 bits per heavy atom. The van der Waals surface area contributed by atoms with E-state index in [1.807, 2.05) is 12.1 Å². The second-order valence-corrected chi connectivity index (χ2v) is 4.76. The van der Waals surface area contributed by atoms with Crippen LogP contribution < -0.4 is 5.73 Å². The highest BCUT2D eigenvalue weighted by molar-refractivity contribution is 5.78. The predicted octanol–water partition coefficient (Wildman–Crippen LogP) is 4.54. The third kappa shape index (κ3) is 2.91. The van der Waals surface area contributed by atoms with Crippen LogP contribution in [0.2, 0.25) is 0 Å². The molecule has 2 nitrogen and oxygen atoms in total. The summed E-state index contributed by atoms with van der Waals surface area (Å²) in [6, 6.07) is 6.65. The second kappa shape index (κ2) is 6.01. The molecule has 1 unspecified atom stereocenters. The van der Waals surface area contributed by atoms with E-state index in [9.17, 15) is 4.39 Å². The Hall–Kier alpha value is -1.35. The van der Waals surface area contributed by atoms with Crippen LogP contribution in [-0.2, 0) is 0 Å². The summed E-state index contributed by atoms with van der Waals surface area (Å²) in [6.45, 7) is 2.18. The Balaban J connectivity index is 2.04. The molecule has 0 fully saturated rings.